The summed E-state index contributed by atoms with van der Waals surface area (Å²) in [6.45, 7) is 7.12. The van der Waals surface area contributed by atoms with Crippen LogP contribution in [0.5, 0.6) is 0 Å². The number of nitrogens with zero attached hydrogens (tertiary/aromatic N) is 4. The Morgan fingerprint density at radius 2 is 1.81 bits per heavy atom. The van der Waals surface area contributed by atoms with Gasteiger partial charge in [-0.15, -0.1) is 10.2 Å². The minimum absolute atomic E-state index is 0.0515. The van der Waals surface area contributed by atoms with Gasteiger partial charge in [0.15, 0.2) is 5.82 Å². The van der Waals surface area contributed by atoms with Crippen molar-refractivity contribution in [3.8, 4) is 0 Å². The summed E-state index contributed by atoms with van der Waals surface area (Å²) in [5.74, 6) is 0.931. The summed E-state index contributed by atoms with van der Waals surface area (Å²) in [6, 6.07) is 0. The van der Waals surface area contributed by atoms with Crippen LogP contribution in [0, 0.1) is 0 Å². The second-order valence-electron chi connectivity index (χ2n) is 7.27. The van der Waals surface area contributed by atoms with Crippen LogP contribution in [0.2, 0.25) is 0 Å². The van der Waals surface area contributed by atoms with Crippen LogP contribution in [0.15, 0.2) is 0 Å². The molecule has 0 radical (unpaired) electrons. The molecule has 116 valence electrons. The molecule has 2 N–H and O–H groups in total. The van der Waals surface area contributed by atoms with Gasteiger partial charge in [0.1, 0.15) is 5.01 Å². The SMILES string of the molecule is CC(C)(C)c1nnc2sc(C3(CN)CCCCCC3)nn12. The molecule has 2 aromatic heterocycles. The van der Waals surface area contributed by atoms with Crippen molar-refractivity contribution in [1.82, 2.24) is 19.8 Å². The number of aromatic nitrogens is 4. The Kier molecular flexibility index (Phi) is 3.78. The fraction of sp³-hybridized carbons (Fsp3) is 0.800. The van der Waals surface area contributed by atoms with Crippen molar-refractivity contribution in [1.29, 1.82) is 0 Å². The molecule has 1 aliphatic rings. The fourth-order valence-corrected chi connectivity index (χ4v) is 4.30. The van der Waals surface area contributed by atoms with Crippen LogP contribution in [-0.2, 0) is 10.8 Å². The van der Waals surface area contributed by atoms with Crippen LogP contribution in [0.4, 0.5) is 0 Å². The molecule has 0 spiro atoms. The molecule has 1 aliphatic carbocycles. The molecule has 1 saturated carbocycles. The van der Waals surface area contributed by atoms with Crippen molar-refractivity contribution in [3.63, 3.8) is 0 Å². The monoisotopic (exact) mass is 307 g/mol. The van der Waals surface area contributed by atoms with Gasteiger partial charge in [-0.3, -0.25) is 0 Å². The topological polar surface area (TPSA) is 69.1 Å². The molecule has 0 unspecified atom stereocenters. The average molecular weight is 307 g/mol. The summed E-state index contributed by atoms with van der Waals surface area (Å²) in [4.78, 5) is 0.895. The minimum Gasteiger partial charge on any atom is -0.329 e. The van der Waals surface area contributed by atoms with E-state index in [1.54, 1.807) is 11.3 Å². The third-order valence-corrected chi connectivity index (χ3v) is 5.71. The van der Waals surface area contributed by atoms with Crippen molar-refractivity contribution in [2.24, 2.45) is 5.73 Å². The summed E-state index contributed by atoms with van der Waals surface area (Å²) in [6.07, 6.45) is 7.45. The van der Waals surface area contributed by atoms with Gasteiger partial charge in [0.05, 0.1) is 0 Å². The van der Waals surface area contributed by atoms with Crippen LogP contribution in [0.3, 0.4) is 0 Å². The van der Waals surface area contributed by atoms with Crippen molar-refractivity contribution in [3.05, 3.63) is 10.8 Å². The van der Waals surface area contributed by atoms with Crippen molar-refractivity contribution >= 4 is 16.3 Å². The highest BCUT2D eigenvalue weighted by Crippen LogP contribution is 2.39. The minimum atomic E-state index is -0.0515. The highest BCUT2D eigenvalue weighted by Gasteiger charge is 2.36. The molecule has 0 amide bonds. The second kappa shape index (κ2) is 5.32. The first-order valence-electron chi connectivity index (χ1n) is 7.90. The molecular weight excluding hydrogens is 282 g/mol. The molecule has 1 fully saturated rings. The van der Waals surface area contributed by atoms with Crippen molar-refractivity contribution in [2.45, 2.75) is 70.1 Å². The van der Waals surface area contributed by atoms with E-state index in [0.717, 1.165) is 28.6 Å². The molecular formula is C15H25N5S. The lowest BCUT2D eigenvalue weighted by molar-refractivity contribution is 0.374. The summed E-state index contributed by atoms with van der Waals surface area (Å²) >= 11 is 1.67. The van der Waals surface area contributed by atoms with Crippen LogP contribution in [-0.4, -0.2) is 26.4 Å². The molecule has 3 rings (SSSR count). The van der Waals surface area contributed by atoms with E-state index in [2.05, 4.69) is 31.0 Å². The zero-order valence-corrected chi connectivity index (χ0v) is 14.0. The zero-order valence-electron chi connectivity index (χ0n) is 13.2. The molecule has 0 bridgehead atoms. The van der Waals surface area contributed by atoms with E-state index < -0.39 is 0 Å². The molecule has 0 aliphatic heterocycles. The maximum Gasteiger partial charge on any atom is 0.234 e. The normalized spacial score (nSPS) is 19.8. The van der Waals surface area contributed by atoms with Crippen molar-refractivity contribution < 1.29 is 0 Å². The summed E-state index contributed by atoms with van der Waals surface area (Å²) in [7, 11) is 0. The summed E-state index contributed by atoms with van der Waals surface area (Å²) in [5.41, 5.74) is 6.18. The van der Waals surface area contributed by atoms with Gasteiger partial charge in [-0.2, -0.15) is 9.61 Å². The zero-order chi connectivity index (χ0) is 15.1. The van der Waals surface area contributed by atoms with E-state index in [-0.39, 0.29) is 10.8 Å². The second-order valence-corrected chi connectivity index (χ2v) is 8.23. The lowest BCUT2D eigenvalue weighted by atomic mass is 9.81. The van der Waals surface area contributed by atoms with Gasteiger partial charge in [0, 0.05) is 17.4 Å². The molecule has 0 saturated heterocycles. The van der Waals surface area contributed by atoms with Gasteiger partial charge in [0.25, 0.3) is 0 Å². The Morgan fingerprint density at radius 1 is 1.14 bits per heavy atom. The summed E-state index contributed by atoms with van der Waals surface area (Å²) < 4.78 is 1.93. The highest BCUT2D eigenvalue weighted by atomic mass is 32.1. The average Bonchev–Trinajstić information content (AvgIpc) is 2.91. The summed E-state index contributed by atoms with van der Waals surface area (Å²) in [5, 5.41) is 14.7. The van der Waals surface area contributed by atoms with Gasteiger partial charge in [-0.1, -0.05) is 57.8 Å². The maximum atomic E-state index is 6.18. The van der Waals surface area contributed by atoms with Crippen LogP contribution < -0.4 is 5.73 Å². The van der Waals surface area contributed by atoms with Gasteiger partial charge >= 0.3 is 0 Å². The number of fused-ring (bicyclic) bond motifs is 1. The van der Waals surface area contributed by atoms with E-state index in [1.165, 1.54) is 25.7 Å². The third kappa shape index (κ3) is 2.59. The van der Waals surface area contributed by atoms with Gasteiger partial charge in [0.2, 0.25) is 4.96 Å². The number of nitrogens with two attached hydrogens (primary N) is 1. The third-order valence-electron chi connectivity index (χ3n) is 4.57. The quantitative estimate of drug-likeness (QED) is 0.866. The largest absolute Gasteiger partial charge is 0.329 e. The Bertz CT molecular complexity index is 614. The van der Waals surface area contributed by atoms with E-state index in [0.29, 0.717) is 6.54 Å². The number of rotatable bonds is 2. The molecule has 21 heavy (non-hydrogen) atoms. The first-order valence-corrected chi connectivity index (χ1v) is 8.71. The molecule has 0 aromatic carbocycles. The molecule has 2 aromatic rings. The Hall–Kier alpha value is -1.01. The van der Waals surface area contributed by atoms with Gasteiger partial charge in [-0.25, -0.2) is 0 Å². The fourth-order valence-electron chi connectivity index (χ4n) is 3.21. The number of hydrogen-bond donors (Lipinski definition) is 1. The molecule has 0 atom stereocenters. The lowest BCUT2D eigenvalue weighted by Crippen LogP contribution is -2.34. The molecule has 2 heterocycles. The maximum absolute atomic E-state index is 6.18. The Morgan fingerprint density at radius 3 is 2.38 bits per heavy atom. The first kappa shape index (κ1) is 14.9. The van der Waals surface area contributed by atoms with E-state index >= 15 is 0 Å². The number of hydrogen-bond acceptors (Lipinski definition) is 5. The van der Waals surface area contributed by atoms with E-state index in [9.17, 15) is 0 Å². The smallest absolute Gasteiger partial charge is 0.234 e. The predicted octanol–water partition coefficient (Wildman–Crippen LogP) is 3.03. The van der Waals surface area contributed by atoms with Crippen LogP contribution in [0.1, 0.15) is 70.1 Å². The Balaban J connectivity index is 2.05. The highest BCUT2D eigenvalue weighted by molar-refractivity contribution is 7.16. The lowest BCUT2D eigenvalue weighted by Gasteiger charge is -2.28. The Labute approximate surface area is 129 Å². The molecule has 5 nitrogen and oxygen atoms in total. The van der Waals surface area contributed by atoms with Crippen LogP contribution in [0.25, 0.3) is 4.96 Å². The first-order chi connectivity index (χ1) is 9.96. The van der Waals surface area contributed by atoms with Gasteiger partial charge in [-0.05, 0) is 12.8 Å². The van der Waals surface area contributed by atoms with E-state index in [4.69, 9.17) is 10.8 Å². The van der Waals surface area contributed by atoms with Crippen molar-refractivity contribution in [2.75, 3.05) is 6.54 Å². The predicted molar refractivity (Wildman–Crippen MR) is 85.8 cm³/mol. The van der Waals surface area contributed by atoms with Crippen LogP contribution >= 0.6 is 11.3 Å². The molecule has 6 heteroatoms. The standard InChI is InChI=1S/C15H25N5S/c1-14(2,3)11-17-18-13-20(11)19-12(21-13)15(10-16)8-6-4-5-7-9-15/h4-10,16H2,1-3H3. The van der Waals surface area contributed by atoms with Gasteiger partial charge < -0.3 is 5.73 Å². The van der Waals surface area contributed by atoms with E-state index in [1.807, 2.05) is 4.52 Å².